The van der Waals surface area contributed by atoms with Crippen LogP contribution in [0.15, 0.2) is 30.6 Å². The smallest absolute Gasteiger partial charge is 0.340 e. The van der Waals surface area contributed by atoms with Gasteiger partial charge in [-0.15, -0.1) is 5.10 Å². The molecule has 0 saturated carbocycles. The van der Waals surface area contributed by atoms with Gasteiger partial charge in [-0.25, -0.2) is 19.4 Å². The van der Waals surface area contributed by atoms with Crippen molar-refractivity contribution in [3.63, 3.8) is 0 Å². The summed E-state index contributed by atoms with van der Waals surface area (Å²) in [7, 11) is 0. The number of aryl methyl sites for hydroxylation is 1. The molecule has 0 spiro atoms. The largest absolute Gasteiger partial charge is 0.455 e. The Bertz CT molecular complexity index is 1050. The van der Waals surface area contributed by atoms with E-state index in [4.69, 9.17) is 22.1 Å². The van der Waals surface area contributed by atoms with Crippen molar-refractivity contribution in [2.24, 2.45) is 0 Å². The second kappa shape index (κ2) is 7.96. The number of non-ortho nitro benzene ring substituents is 1. The van der Waals surface area contributed by atoms with Gasteiger partial charge >= 0.3 is 5.97 Å². The van der Waals surface area contributed by atoms with Crippen molar-refractivity contribution < 1.29 is 14.5 Å². The fourth-order valence-electron chi connectivity index (χ4n) is 2.29. The SMILES string of the molecule is Cc1ncc(Cn2cc(COC(=O)c3ccc([N+](=O)[O-])cc3Cl)nn2)c(N)n1. The molecule has 0 aliphatic rings. The molecule has 0 saturated heterocycles. The van der Waals surface area contributed by atoms with Gasteiger partial charge in [-0.3, -0.25) is 10.1 Å². The molecule has 3 aromatic rings. The number of carbonyl (C=O) groups is 1. The van der Waals surface area contributed by atoms with Gasteiger partial charge < -0.3 is 10.5 Å². The van der Waals surface area contributed by atoms with E-state index in [2.05, 4.69) is 20.3 Å². The normalized spacial score (nSPS) is 10.6. The minimum Gasteiger partial charge on any atom is -0.455 e. The van der Waals surface area contributed by atoms with E-state index < -0.39 is 10.9 Å². The van der Waals surface area contributed by atoms with Crippen molar-refractivity contribution in [3.8, 4) is 0 Å². The first-order chi connectivity index (χ1) is 13.3. The zero-order chi connectivity index (χ0) is 20.3. The quantitative estimate of drug-likeness (QED) is 0.369. The molecule has 144 valence electrons. The first-order valence-corrected chi connectivity index (χ1v) is 8.29. The van der Waals surface area contributed by atoms with Crippen molar-refractivity contribution >= 4 is 29.1 Å². The highest BCUT2D eigenvalue weighted by atomic mass is 35.5. The topological polar surface area (TPSA) is 152 Å². The van der Waals surface area contributed by atoms with Gasteiger partial charge in [0.25, 0.3) is 5.69 Å². The Balaban J connectivity index is 1.62. The molecule has 2 aromatic heterocycles. The van der Waals surface area contributed by atoms with Gasteiger partial charge in [0.15, 0.2) is 0 Å². The molecule has 3 rings (SSSR count). The second-order valence-electron chi connectivity index (χ2n) is 5.73. The molecule has 0 unspecified atom stereocenters. The summed E-state index contributed by atoms with van der Waals surface area (Å²) >= 11 is 5.91. The number of nitrogens with zero attached hydrogens (tertiary/aromatic N) is 6. The van der Waals surface area contributed by atoms with E-state index in [-0.39, 0.29) is 22.9 Å². The van der Waals surface area contributed by atoms with E-state index >= 15 is 0 Å². The van der Waals surface area contributed by atoms with Crippen LogP contribution in [0.25, 0.3) is 0 Å². The molecule has 0 fully saturated rings. The predicted octanol–water partition coefficient (Wildman–Crippen LogP) is 1.93. The average molecular weight is 404 g/mol. The summed E-state index contributed by atoms with van der Waals surface area (Å²) in [5, 5.41) is 18.5. The van der Waals surface area contributed by atoms with Gasteiger partial charge in [-0.05, 0) is 13.0 Å². The summed E-state index contributed by atoms with van der Waals surface area (Å²) in [5.74, 6) is 0.187. The van der Waals surface area contributed by atoms with Crippen LogP contribution in [0.1, 0.15) is 27.4 Å². The number of nitrogens with two attached hydrogens (primary N) is 1. The average Bonchev–Trinajstić information content (AvgIpc) is 3.09. The van der Waals surface area contributed by atoms with Crippen molar-refractivity contribution in [3.05, 3.63) is 68.4 Å². The van der Waals surface area contributed by atoms with Gasteiger partial charge in [-0.1, -0.05) is 16.8 Å². The lowest BCUT2D eigenvalue weighted by Crippen LogP contribution is -2.07. The summed E-state index contributed by atoms with van der Waals surface area (Å²) < 4.78 is 6.65. The van der Waals surface area contributed by atoms with Gasteiger partial charge in [0.1, 0.15) is 23.9 Å². The summed E-state index contributed by atoms with van der Waals surface area (Å²) in [6, 6.07) is 3.50. The standard InChI is InChI=1S/C16H14ClN7O4/c1-9-19-5-10(15(18)20-9)6-23-7-11(21-22-23)8-28-16(25)13-3-2-12(24(26)27)4-14(13)17/h2-5,7H,6,8H2,1H3,(H2,18,19,20). The zero-order valence-electron chi connectivity index (χ0n) is 14.6. The Morgan fingerprint density at radius 3 is 2.89 bits per heavy atom. The number of ether oxygens (including phenoxy) is 1. The number of esters is 1. The van der Waals surface area contributed by atoms with Crippen LogP contribution in [-0.2, 0) is 17.9 Å². The molecule has 1 aromatic carbocycles. The van der Waals surface area contributed by atoms with Gasteiger partial charge in [0.05, 0.1) is 28.3 Å². The number of nitro benzene ring substituents is 1. The number of rotatable bonds is 6. The molecule has 28 heavy (non-hydrogen) atoms. The number of anilines is 1. The van der Waals surface area contributed by atoms with Crippen LogP contribution in [0.4, 0.5) is 11.5 Å². The molecule has 12 heteroatoms. The van der Waals surface area contributed by atoms with Crippen molar-refractivity contribution in [1.82, 2.24) is 25.0 Å². The van der Waals surface area contributed by atoms with E-state index in [0.29, 0.717) is 29.4 Å². The Morgan fingerprint density at radius 1 is 1.43 bits per heavy atom. The number of benzene rings is 1. The van der Waals surface area contributed by atoms with Crippen LogP contribution in [0, 0.1) is 17.0 Å². The Labute approximate surface area is 163 Å². The van der Waals surface area contributed by atoms with E-state index in [1.807, 2.05) is 0 Å². The maximum atomic E-state index is 12.1. The van der Waals surface area contributed by atoms with Crippen LogP contribution in [0.3, 0.4) is 0 Å². The molecule has 11 nitrogen and oxygen atoms in total. The van der Waals surface area contributed by atoms with E-state index in [1.165, 1.54) is 16.8 Å². The first-order valence-electron chi connectivity index (χ1n) is 7.91. The Kier molecular flexibility index (Phi) is 5.45. The summed E-state index contributed by atoms with van der Waals surface area (Å²) in [5.41, 5.74) is 6.72. The molecular weight excluding hydrogens is 390 g/mol. The summed E-state index contributed by atoms with van der Waals surface area (Å²) in [6.07, 6.45) is 3.19. The van der Waals surface area contributed by atoms with Gasteiger partial charge in [-0.2, -0.15) is 0 Å². The molecule has 0 radical (unpaired) electrons. The maximum Gasteiger partial charge on any atom is 0.340 e. The number of hydrogen-bond donors (Lipinski definition) is 1. The second-order valence-corrected chi connectivity index (χ2v) is 6.14. The molecule has 0 bridgehead atoms. The van der Waals surface area contributed by atoms with Gasteiger partial charge in [0, 0.05) is 23.9 Å². The van der Waals surface area contributed by atoms with Crippen molar-refractivity contribution in [1.29, 1.82) is 0 Å². The third-order valence-corrected chi connectivity index (χ3v) is 3.98. The zero-order valence-corrected chi connectivity index (χ0v) is 15.3. The highest BCUT2D eigenvalue weighted by molar-refractivity contribution is 6.33. The lowest BCUT2D eigenvalue weighted by atomic mass is 10.2. The lowest BCUT2D eigenvalue weighted by molar-refractivity contribution is -0.384. The third-order valence-electron chi connectivity index (χ3n) is 3.67. The van der Waals surface area contributed by atoms with Crippen LogP contribution >= 0.6 is 11.6 Å². The molecule has 2 heterocycles. The number of nitro groups is 1. The Morgan fingerprint density at radius 2 is 2.21 bits per heavy atom. The van der Waals surface area contributed by atoms with Crippen molar-refractivity contribution in [2.75, 3.05) is 5.73 Å². The number of halogens is 1. The molecule has 0 aliphatic carbocycles. The molecule has 2 N–H and O–H groups in total. The van der Waals surface area contributed by atoms with Crippen LogP contribution in [0.5, 0.6) is 0 Å². The van der Waals surface area contributed by atoms with Crippen LogP contribution < -0.4 is 5.73 Å². The summed E-state index contributed by atoms with van der Waals surface area (Å²) in [6.45, 7) is 1.90. The van der Waals surface area contributed by atoms with E-state index in [0.717, 1.165) is 6.07 Å². The molecule has 0 aliphatic heterocycles. The lowest BCUT2D eigenvalue weighted by Gasteiger charge is -2.05. The molecular formula is C16H14ClN7O4. The van der Waals surface area contributed by atoms with Crippen LogP contribution in [-0.4, -0.2) is 35.9 Å². The number of aromatic nitrogens is 5. The number of carbonyl (C=O) groups excluding carboxylic acids is 1. The minimum absolute atomic E-state index is 0.0178. The highest BCUT2D eigenvalue weighted by Crippen LogP contribution is 2.23. The fourth-order valence-corrected chi connectivity index (χ4v) is 2.54. The first kappa shape index (κ1) is 19.2. The maximum absolute atomic E-state index is 12.1. The van der Waals surface area contributed by atoms with Gasteiger partial charge in [0.2, 0.25) is 0 Å². The number of hydrogen-bond acceptors (Lipinski definition) is 9. The molecule has 0 atom stereocenters. The summed E-state index contributed by atoms with van der Waals surface area (Å²) in [4.78, 5) is 30.4. The Hall–Kier alpha value is -3.60. The van der Waals surface area contributed by atoms with E-state index in [9.17, 15) is 14.9 Å². The van der Waals surface area contributed by atoms with E-state index in [1.54, 1.807) is 19.3 Å². The third kappa shape index (κ3) is 4.38. The monoisotopic (exact) mass is 403 g/mol. The molecule has 0 amide bonds. The minimum atomic E-state index is -0.731. The highest BCUT2D eigenvalue weighted by Gasteiger charge is 2.17. The van der Waals surface area contributed by atoms with Crippen LogP contribution in [0.2, 0.25) is 5.02 Å². The predicted molar refractivity (Wildman–Crippen MR) is 97.5 cm³/mol. The van der Waals surface area contributed by atoms with Crippen molar-refractivity contribution in [2.45, 2.75) is 20.1 Å². The fraction of sp³-hybridized carbons (Fsp3) is 0.188. The number of nitrogen functional groups attached to an aromatic ring is 1.